The molecule has 0 saturated carbocycles. The number of rotatable bonds is 3. The van der Waals surface area contributed by atoms with Gasteiger partial charge in [0.2, 0.25) is 0 Å². The number of alkyl halides is 1. The lowest BCUT2D eigenvalue weighted by Crippen LogP contribution is -2.07. The van der Waals surface area contributed by atoms with Gasteiger partial charge in [0, 0.05) is 12.4 Å². The first kappa shape index (κ1) is 13.1. The molecule has 0 N–H and O–H groups in total. The first-order valence-corrected chi connectivity index (χ1v) is 6.96. The Balaban J connectivity index is 2.17. The highest BCUT2D eigenvalue weighted by atomic mass is 35.5. The van der Waals surface area contributed by atoms with Crippen LogP contribution in [-0.2, 0) is 6.54 Å². The van der Waals surface area contributed by atoms with Gasteiger partial charge in [0.05, 0.1) is 17.6 Å². The van der Waals surface area contributed by atoms with Gasteiger partial charge in [0.1, 0.15) is 11.3 Å². The number of hydrogen-bond donors (Lipinski definition) is 0. The zero-order valence-corrected chi connectivity index (χ0v) is 12.2. The number of aryl methyl sites for hydroxylation is 1. The SMILES string of the molecule is Cc1ccnc2c1nc(C(C)Cl)n2Cc1ccccn1. The van der Waals surface area contributed by atoms with Crippen molar-refractivity contribution in [1.29, 1.82) is 0 Å². The molecule has 0 fully saturated rings. The third-order valence-corrected chi connectivity index (χ3v) is 3.46. The van der Waals surface area contributed by atoms with E-state index in [0.29, 0.717) is 6.54 Å². The fourth-order valence-electron chi connectivity index (χ4n) is 2.27. The topological polar surface area (TPSA) is 43.6 Å². The van der Waals surface area contributed by atoms with Gasteiger partial charge in [-0.1, -0.05) is 6.07 Å². The normalized spacial score (nSPS) is 12.8. The second kappa shape index (κ2) is 5.21. The predicted octanol–water partition coefficient (Wildman–Crippen LogP) is 3.48. The van der Waals surface area contributed by atoms with Crippen molar-refractivity contribution in [2.75, 3.05) is 0 Å². The summed E-state index contributed by atoms with van der Waals surface area (Å²) in [5.41, 5.74) is 3.84. The first-order chi connectivity index (χ1) is 9.66. The molecule has 102 valence electrons. The molecule has 5 heteroatoms. The molecule has 3 aromatic rings. The molecule has 1 atom stereocenters. The van der Waals surface area contributed by atoms with E-state index >= 15 is 0 Å². The van der Waals surface area contributed by atoms with E-state index in [-0.39, 0.29) is 5.38 Å². The minimum absolute atomic E-state index is 0.174. The second-order valence-electron chi connectivity index (χ2n) is 4.79. The maximum absolute atomic E-state index is 6.27. The summed E-state index contributed by atoms with van der Waals surface area (Å²) >= 11 is 6.27. The standard InChI is InChI=1S/C15H15ClN4/c1-10-6-8-18-15-13(10)19-14(11(2)16)20(15)9-12-5-3-4-7-17-12/h3-8,11H,9H2,1-2H3. The van der Waals surface area contributed by atoms with Crippen molar-refractivity contribution in [2.45, 2.75) is 25.8 Å². The Kier molecular flexibility index (Phi) is 3.40. The molecule has 0 amide bonds. The maximum Gasteiger partial charge on any atom is 0.160 e. The van der Waals surface area contributed by atoms with Gasteiger partial charge in [-0.25, -0.2) is 9.97 Å². The molecule has 0 radical (unpaired) electrons. The lowest BCUT2D eigenvalue weighted by molar-refractivity contribution is 0.721. The lowest BCUT2D eigenvalue weighted by atomic mass is 10.3. The van der Waals surface area contributed by atoms with Crippen LogP contribution >= 0.6 is 11.6 Å². The Morgan fingerprint density at radius 2 is 2.05 bits per heavy atom. The van der Waals surface area contributed by atoms with Crippen LogP contribution in [0, 0.1) is 6.92 Å². The quantitative estimate of drug-likeness (QED) is 0.692. The van der Waals surface area contributed by atoms with Crippen LogP contribution in [0.5, 0.6) is 0 Å². The van der Waals surface area contributed by atoms with Crippen molar-refractivity contribution in [3.63, 3.8) is 0 Å². The highest BCUT2D eigenvalue weighted by Crippen LogP contribution is 2.25. The second-order valence-corrected chi connectivity index (χ2v) is 5.45. The fraction of sp³-hybridized carbons (Fsp3) is 0.267. The Labute approximate surface area is 122 Å². The highest BCUT2D eigenvalue weighted by Gasteiger charge is 2.17. The monoisotopic (exact) mass is 286 g/mol. The van der Waals surface area contributed by atoms with Crippen LogP contribution < -0.4 is 0 Å². The van der Waals surface area contributed by atoms with Gasteiger partial charge < -0.3 is 4.57 Å². The van der Waals surface area contributed by atoms with E-state index in [1.807, 2.05) is 42.7 Å². The summed E-state index contributed by atoms with van der Waals surface area (Å²) in [6, 6.07) is 7.83. The molecule has 1 unspecified atom stereocenters. The summed E-state index contributed by atoms with van der Waals surface area (Å²) < 4.78 is 2.04. The number of fused-ring (bicyclic) bond motifs is 1. The Bertz CT molecular complexity index is 734. The molecule has 0 spiro atoms. The molecular formula is C15H15ClN4. The molecular weight excluding hydrogens is 272 g/mol. The maximum atomic E-state index is 6.27. The summed E-state index contributed by atoms with van der Waals surface area (Å²) in [5, 5.41) is -0.174. The third kappa shape index (κ3) is 2.27. The van der Waals surface area contributed by atoms with Crippen molar-refractivity contribution in [1.82, 2.24) is 19.5 Å². The van der Waals surface area contributed by atoms with Crippen LogP contribution in [0.2, 0.25) is 0 Å². The zero-order valence-electron chi connectivity index (χ0n) is 11.4. The first-order valence-electron chi connectivity index (χ1n) is 6.52. The van der Waals surface area contributed by atoms with Crippen molar-refractivity contribution in [3.8, 4) is 0 Å². The van der Waals surface area contributed by atoms with E-state index in [0.717, 1.165) is 28.2 Å². The molecule has 0 bridgehead atoms. The average Bonchev–Trinajstić information content (AvgIpc) is 2.81. The van der Waals surface area contributed by atoms with Gasteiger partial charge in [-0.3, -0.25) is 4.98 Å². The third-order valence-electron chi connectivity index (χ3n) is 3.27. The molecule has 0 aromatic carbocycles. The molecule has 0 aliphatic heterocycles. The minimum Gasteiger partial charge on any atom is -0.305 e. The highest BCUT2D eigenvalue weighted by molar-refractivity contribution is 6.20. The summed E-state index contributed by atoms with van der Waals surface area (Å²) in [4.78, 5) is 13.5. The molecule has 20 heavy (non-hydrogen) atoms. The van der Waals surface area contributed by atoms with Crippen molar-refractivity contribution >= 4 is 22.8 Å². The van der Waals surface area contributed by atoms with E-state index in [9.17, 15) is 0 Å². The van der Waals surface area contributed by atoms with E-state index in [2.05, 4.69) is 15.0 Å². The van der Waals surface area contributed by atoms with E-state index in [4.69, 9.17) is 11.6 Å². The number of hydrogen-bond acceptors (Lipinski definition) is 3. The zero-order chi connectivity index (χ0) is 14.1. The number of halogens is 1. The Hall–Kier alpha value is -1.94. The van der Waals surface area contributed by atoms with Crippen LogP contribution in [0.4, 0.5) is 0 Å². The molecule has 4 nitrogen and oxygen atoms in total. The van der Waals surface area contributed by atoms with E-state index in [1.165, 1.54) is 0 Å². The molecule has 0 aliphatic rings. The number of nitrogens with zero attached hydrogens (tertiary/aromatic N) is 4. The van der Waals surface area contributed by atoms with Crippen LogP contribution in [0.1, 0.15) is 29.4 Å². The summed E-state index contributed by atoms with van der Waals surface area (Å²) in [6.45, 7) is 4.58. The smallest absolute Gasteiger partial charge is 0.160 e. The fourth-order valence-corrected chi connectivity index (χ4v) is 2.44. The number of aromatic nitrogens is 4. The molecule has 3 heterocycles. The Morgan fingerprint density at radius 1 is 1.20 bits per heavy atom. The van der Waals surface area contributed by atoms with Gasteiger partial charge in [-0.15, -0.1) is 11.6 Å². The van der Waals surface area contributed by atoms with E-state index < -0.39 is 0 Å². The minimum atomic E-state index is -0.174. The summed E-state index contributed by atoms with van der Waals surface area (Å²) in [5.74, 6) is 0.828. The van der Waals surface area contributed by atoms with Crippen molar-refractivity contribution < 1.29 is 0 Å². The lowest BCUT2D eigenvalue weighted by Gasteiger charge is -2.09. The predicted molar refractivity (Wildman–Crippen MR) is 79.9 cm³/mol. The van der Waals surface area contributed by atoms with Crippen LogP contribution in [0.25, 0.3) is 11.2 Å². The van der Waals surface area contributed by atoms with Gasteiger partial charge in [-0.05, 0) is 37.6 Å². The van der Waals surface area contributed by atoms with E-state index in [1.54, 1.807) is 12.4 Å². The Morgan fingerprint density at radius 3 is 2.75 bits per heavy atom. The molecule has 3 aromatic heterocycles. The number of imidazole rings is 1. The summed E-state index contributed by atoms with van der Waals surface area (Å²) in [7, 11) is 0. The van der Waals surface area contributed by atoms with Crippen LogP contribution in [0.15, 0.2) is 36.7 Å². The van der Waals surface area contributed by atoms with Crippen molar-refractivity contribution in [2.24, 2.45) is 0 Å². The van der Waals surface area contributed by atoms with Gasteiger partial charge in [-0.2, -0.15) is 0 Å². The molecule has 0 saturated heterocycles. The van der Waals surface area contributed by atoms with Gasteiger partial charge in [0.25, 0.3) is 0 Å². The van der Waals surface area contributed by atoms with Gasteiger partial charge in [0.15, 0.2) is 5.65 Å². The van der Waals surface area contributed by atoms with Gasteiger partial charge >= 0.3 is 0 Å². The summed E-state index contributed by atoms with van der Waals surface area (Å²) in [6.07, 6.45) is 3.59. The van der Waals surface area contributed by atoms with Crippen molar-refractivity contribution in [3.05, 3.63) is 53.7 Å². The van der Waals surface area contributed by atoms with Crippen LogP contribution in [-0.4, -0.2) is 19.5 Å². The molecule has 3 rings (SSSR count). The average molecular weight is 287 g/mol. The largest absolute Gasteiger partial charge is 0.305 e. The van der Waals surface area contributed by atoms with Crippen LogP contribution in [0.3, 0.4) is 0 Å². The molecule has 0 aliphatic carbocycles. The number of pyridine rings is 2.